The molecule has 114 valence electrons. The summed E-state index contributed by atoms with van der Waals surface area (Å²) in [6.07, 6.45) is 3.72. The average molecular weight is 289 g/mol. The van der Waals surface area contributed by atoms with Crippen LogP contribution >= 0.6 is 0 Å². The fourth-order valence-corrected chi connectivity index (χ4v) is 3.33. The fraction of sp³-hybridized carbons (Fsp3) is 0.625. The van der Waals surface area contributed by atoms with Gasteiger partial charge >= 0.3 is 0 Å². The van der Waals surface area contributed by atoms with Gasteiger partial charge in [-0.05, 0) is 38.9 Å². The van der Waals surface area contributed by atoms with E-state index in [0.717, 1.165) is 25.9 Å². The van der Waals surface area contributed by atoms with Crippen molar-refractivity contribution in [1.82, 2.24) is 14.8 Å². The molecule has 2 aliphatic rings. The SMILES string of the molecule is CC1CN(C(=O)c2ccccn2)CC2(CCN(C)CC2)O1. The van der Waals surface area contributed by atoms with Gasteiger partial charge in [-0.1, -0.05) is 6.07 Å². The zero-order valence-corrected chi connectivity index (χ0v) is 12.8. The molecule has 1 aromatic heterocycles. The zero-order valence-electron chi connectivity index (χ0n) is 12.8. The van der Waals surface area contributed by atoms with Crippen LogP contribution in [0.4, 0.5) is 0 Å². The largest absolute Gasteiger partial charge is 0.368 e. The van der Waals surface area contributed by atoms with Crippen LogP contribution in [0.1, 0.15) is 30.3 Å². The molecule has 0 bridgehead atoms. The second-order valence-corrected chi connectivity index (χ2v) is 6.32. The highest BCUT2D eigenvalue weighted by molar-refractivity contribution is 5.92. The van der Waals surface area contributed by atoms with E-state index in [-0.39, 0.29) is 17.6 Å². The summed E-state index contributed by atoms with van der Waals surface area (Å²) in [5.74, 6) is 0.0176. The van der Waals surface area contributed by atoms with Gasteiger partial charge in [0.05, 0.1) is 18.2 Å². The van der Waals surface area contributed by atoms with Crippen LogP contribution in [0.15, 0.2) is 24.4 Å². The highest BCUT2D eigenvalue weighted by atomic mass is 16.5. The molecule has 2 saturated heterocycles. The highest BCUT2D eigenvalue weighted by Gasteiger charge is 2.42. The molecular formula is C16H23N3O2. The number of ether oxygens (including phenoxy) is 1. The van der Waals surface area contributed by atoms with E-state index < -0.39 is 0 Å². The molecule has 2 fully saturated rings. The number of hydrogen-bond donors (Lipinski definition) is 0. The summed E-state index contributed by atoms with van der Waals surface area (Å²) in [6.45, 7) is 5.43. The maximum atomic E-state index is 12.6. The van der Waals surface area contributed by atoms with E-state index in [9.17, 15) is 4.79 Å². The van der Waals surface area contributed by atoms with Crippen LogP contribution in [0.3, 0.4) is 0 Å². The van der Waals surface area contributed by atoms with Gasteiger partial charge < -0.3 is 14.5 Å². The molecular weight excluding hydrogens is 266 g/mol. The van der Waals surface area contributed by atoms with Gasteiger partial charge in [0.2, 0.25) is 0 Å². The van der Waals surface area contributed by atoms with Gasteiger partial charge in [-0.3, -0.25) is 9.78 Å². The number of pyridine rings is 1. The summed E-state index contributed by atoms with van der Waals surface area (Å²) in [7, 11) is 2.13. The molecule has 0 saturated carbocycles. The quantitative estimate of drug-likeness (QED) is 0.784. The second kappa shape index (κ2) is 5.73. The van der Waals surface area contributed by atoms with Crippen LogP contribution in [0, 0.1) is 0 Å². The molecule has 5 nitrogen and oxygen atoms in total. The predicted molar refractivity (Wildman–Crippen MR) is 80.1 cm³/mol. The van der Waals surface area contributed by atoms with Crippen molar-refractivity contribution in [1.29, 1.82) is 0 Å². The molecule has 0 radical (unpaired) electrons. The number of piperidine rings is 1. The van der Waals surface area contributed by atoms with Crippen LogP contribution in [0.5, 0.6) is 0 Å². The Bertz CT molecular complexity index is 498. The average Bonchev–Trinajstić information content (AvgIpc) is 2.50. The van der Waals surface area contributed by atoms with Gasteiger partial charge in [0.15, 0.2) is 0 Å². The number of carbonyl (C=O) groups is 1. The van der Waals surface area contributed by atoms with Crippen LogP contribution in [0.2, 0.25) is 0 Å². The molecule has 1 unspecified atom stereocenters. The number of amides is 1. The minimum absolute atomic E-state index is 0.0176. The lowest BCUT2D eigenvalue weighted by molar-refractivity contribution is -0.160. The van der Waals surface area contributed by atoms with E-state index >= 15 is 0 Å². The summed E-state index contributed by atoms with van der Waals surface area (Å²) < 4.78 is 6.24. The fourth-order valence-electron chi connectivity index (χ4n) is 3.33. The first-order chi connectivity index (χ1) is 10.1. The monoisotopic (exact) mass is 289 g/mol. The summed E-state index contributed by atoms with van der Waals surface area (Å²) in [6, 6.07) is 5.47. The first-order valence-electron chi connectivity index (χ1n) is 7.65. The van der Waals surface area contributed by atoms with E-state index in [2.05, 4.69) is 23.9 Å². The molecule has 0 N–H and O–H groups in total. The topological polar surface area (TPSA) is 45.7 Å². The molecule has 0 aromatic carbocycles. The van der Waals surface area contributed by atoms with Crippen LogP contribution < -0.4 is 0 Å². The Labute approximate surface area is 125 Å². The lowest BCUT2D eigenvalue weighted by Gasteiger charge is -2.49. The molecule has 3 heterocycles. The van der Waals surface area contributed by atoms with Gasteiger partial charge in [-0.25, -0.2) is 0 Å². The van der Waals surface area contributed by atoms with Crippen molar-refractivity contribution < 1.29 is 9.53 Å². The van der Waals surface area contributed by atoms with Crippen molar-refractivity contribution >= 4 is 5.91 Å². The molecule has 21 heavy (non-hydrogen) atoms. The number of nitrogens with zero attached hydrogens (tertiary/aromatic N) is 3. The van der Waals surface area contributed by atoms with Crippen molar-refractivity contribution in [2.45, 2.75) is 31.5 Å². The third kappa shape index (κ3) is 3.09. The maximum absolute atomic E-state index is 12.6. The Kier molecular flexibility index (Phi) is 3.95. The smallest absolute Gasteiger partial charge is 0.272 e. The van der Waals surface area contributed by atoms with Crippen molar-refractivity contribution in [3.63, 3.8) is 0 Å². The van der Waals surface area contributed by atoms with Crippen molar-refractivity contribution in [2.24, 2.45) is 0 Å². The maximum Gasteiger partial charge on any atom is 0.272 e. The molecule has 0 aliphatic carbocycles. The van der Waals surface area contributed by atoms with Crippen molar-refractivity contribution in [2.75, 3.05) is 33.2 Å². The molecule has 5 heteroatoms. The number of aromatic nitrogens is 1. The van der Waals surface area contributed by atoms with Gasteiger partial charge in [0, 0.05) is 25.8 Å². The molecule has 2 aliphatic heterocycles. The number of rotatable bonds is 1. The lowest BCUT2D eigenvalue weighted by atomic mass is 9.88. The van der Waals surface area contributed by atoms with Crippen molar-refractivity contribution in [3.8, 4) is 0 Å². The molecule has 1 atom stereocenters. The normalized spacial score (nSPS) is 26.0. The van der Waals surface area contributed by atoms with Gasteiger partial charge in [-0.2, -0.15) is 0 Å². The minimum Gasteiger partial charge on any atom is -0.368 e. The van der Waals surface area contributed by atoms with Gasteiger partial charge in [-0.15, -0.1) is 0 Å². The first-order valence-corrected chi connectivity index (χ1v) is 7.65. The van der Waals surface area contributed by atoms with E-state index in [1.54, 1.807) is 12.3 Å². The number of morpholine rings is 1. The minimum atomic E-state index is -0.172. The van der Waals surface area contributed by atoms with E-state index in [0.29, 0.717) is 18.8 Å². The zero-order chi connectivity index (χ0) is 14.9. The van der Waals surface area contributed by atoms with E-state index in [4.69, 9.17) is 4.74 Å². The molecule has 1 amide bonds. The second-order valence-electron chi connectivity index (χ2n) is 6.32. The number of likely N-dealkylation sites (tertiary alicyclic amines) is 1. The standard InChI is InChI=1S/C16H23N3O2/c1-13-11-19(15(20)14-5-3-4-8-17-14)12-16(21-13)6-9-18(2)10-7-16/h3-5,8,13H,6-7,9-12H2,1-2H3. The van der Waals surface area contributed by atoms with E-state index in [1.807, 2.05) is 17.0 Å². The van der Waals surface area contributed by atoms with Crippen LogP contribution in [0.25, 0.3) is 0 Å². The van der Waals surface area contributed by atoms with Gasteiger partial charge in [0.25, 0.3) is 5.91 Å². The Morgan fingerprint density at radius 3 is 2.81 bits per heavy atom. The summed E-state index contributed by atoms with van der Waals surface area (Å²) in [5, 5.41) is 0. The van der Waals surface area contributed by atoms with Crippen LogP contribution in [-0.4, -0.2) is 65.6 Å². The van der Waals surface area contributed by atoms with Crippen molar-refractivity contribution in [3.05, 3.63) is 30.1 Å². The number of hydrogen-bond acceptors (Lipinski definition) is 4. The third-order valence-corrected chi connectivity index (χ3v) is 4.48. The summed E-state index contributed by atoms with van der Waals surface area (Å²) >= 11 is 0. The highest BCUT2D eigenvalue weighted by Crippen LogP contribution is 2.32. The molecule has 1 spiro atoms. The van der Waals surface area contributed by atoms with Gasteiger partial charge in [0.1, 0.15) is 5.69 Å². The van der Waals surface area contributed by atoms with E-state index in [1.165, 1.54) is 0 Å². The third-order valence-electron chi connectivity index (χ3n) is 4.48. The Morgan fingerprint density at radius 1 is 1.38 bits per heavy atom. The Morgan fingerprint density at radius 2 is 2.14 bits per heavy atom. The Hall–Kier alpha value is -1.46. The first kappa shape index (κ1) is 14.5. The van der Waals surface area contributed by atoms with Crippen LogP contribution in [-0.2, 0) is 4.74 Å². The summed E-state index contributed by atoms with van der Waals surface area (Å²) in [5.41, 5.74) is 0.351. The summed E-state index contributed by atoms with van der Waals surface area (Å²) in [4.78, 5) is 21.1. The Balaban J connectivity index is 1.76. The molecule has 3 rings (SSSR count). The predicted octanol–water partition coefficient (Wildman–Crippen LogP) is 1.41. The number of carbonyl (C=O) groups excluding carboxylic acids is 1. The molecule has 1 aromatic rings. The lowest BCUT2D eigenvalue weighted by Crippen LogP contribution is -2.60.